The molecule has 22 heavy (non-hydrogen) atoms. The lowest BCUT2D eigenvalue weighted by atomic mass is 10.2. The monoisotopic (exact) mass is 312 g/mol. The highest BCUT2D eigenvalue weighted by Crippen LogP contribution is 2.12. The van der Waals surface area contributed by atoms with Crippen molar-refractivity contribution in [3.8, 4) is 5.75 Å². The smallest absolute Gasteiger partial charge is 0.335 e. The fourth-order valence-corrected chi connectivity index (χ4v) is 1.59. The van der Waals surface area contributed by atoms with Gasteiger partial charge in [-0.1, -0.05) is 0 Å². The van der Waals surface area contributed by atoms with Gasteiger partial charge in [0.15, 0.2) is 0 Å². The molecule has 1 rings (SSSR count). The van der Waals surface area contributed by atoms with Gasteiger partial charge in [0, 0.05) is 19.6 Å². The molecular formula is C14H20N2O6. The third kappa shape index (κ3) is 7.58. The Morgan fingerprint density at radius 1 is 1.09 bits per heavy atom. The van der Waals surface area contributed by atoms with E-state index in [1.165, 1.54) is 24.3 Å². The molecule has 8 nitrogen and oxygen atoms in total. The molecule has 0 aliphatic heterocycles. The van der Waals surface area contributed by atoms with Crippen LogP contribution in [0.2, 0.25) is 0 Å². The molecule has 0 aromatic heterocycles. The van der Waals surface area contributed by atoms with Crippen LogP contribution in [0, 0.1) is 0 Å². The van der Waals surface area contributed by atoms with Gasteiger partial charge in [0.25, 0.3) is 0 Å². The fourth-order valence-electron chi connectivity index (χ4n) is 1.59. The molecule has 0 saturated carbocycles. The number of ether oxygens (including phenoxy) is 1. The summed E-state index contributed by atoms with van der Waals surface area (Å²) in [6.45, 7) is 1.29. The van der Waals surface area contributed by atoms with Gasteiger partial charge in [0.05, 0.1) is 12.1 Å². The molecule has 1 atom stereocenters. The summed E-state index contributed by atoms with van der Waals surface area (Å²) in [5.41, 5.74) is 0.170. The molecule has 8 heteroatoms. The fraction of sp³-hybridized carbons (Fsp3) is 0.429. The molecule has 0 bridgehead atoms. The van der Waals surface area contributed by atoms with Crippen molar-refractivity contribution in [2.75, 3.05) is 32.8 Å². The van der Waals surface area contributed by atoms with Crippen molar-refractivity contribution in [3.05, 3.63) is 29.8 Å². The summed E-state index contributed by atoms with van der Waals surface area (Å²) in [5.74, 6) is -1.44. The predicted octanol–water partition coefficient (Wildman–Crippen LogP) is -0.612. The lowest BCUT2D eigenvalue weighted by Gasteiger charge is -2.13. The first-order chi connectivity index (χ1) is 10.5. The SMILES string of the molecule is O=C(O)CNCCNCC(O)COc1ccc(C(=O)O)cc1. The van der Waals surface area contributed by atoms with Gasteiger partial charge in [-0.25, -0.2) is 4.79 Å². The van der Waals surface area contributed by atoms with Gasteiger partial charge in [-0.3, -0.25) is 4.79 Å². The Labute approximate surface area is 127 Å². The van der Waals surface area contributed by atoms with Gasteiger partial charge in [0.1, 0.15) is 18.5 Å². The molecule has 1 unspecified atom stereocenters. The zero-order chi connectivity index (χ0) is 16.4. The van der Waals surface area contributed by atoms with E-state index >= 15 is 0 Å². The van der Waals surface area contributed by atoms with E-state index in [4.69, 9.17) is 14.9 Å². The summed E-state index contributed by atoms with van der Waals surface area (Å²) in [6.07, 6.45) is -0.723. The first-order valence-electron chi connectivity index (χ1n) is 6.76. The Hall–Kier alpha value is -2.16. The topological polar surface area (TPSA) is 128 Å². The van der Waals surface area contributed by atoms with Crippen molar-refractivity contribution in [2.24, 2.45) is 0 Å². The molecule has 0 aliphatic carbocycles. The number of aliphatic hydroxyl groups excluding tert-OH is 1. The standard InChI is InChI=1S/C14H20N2O6/c17-11(7-15-5-6-16-8-13(18)19)9-22-12-3-1-10(2-4-12)14(20)21/h1-4,11,15-17H,5-9H2,(H,18,19)(H,20,21). The van der Waals surface area contributed by atoms with Crippen LogP contribution in [0.3, 0.4) is 0 Å². The van der Waals surface area contributed by atoms with Crippen LogP contribution in [-0.2, 0) is 4.79 Å². The van der Waals surface area contributed by atoms with Crippen LogP contribution in [0.5, 0.6) is 5.75 Å². The van der Waals surface area contributed by atoms with Gasteiger partial charge in [-0.15, -0.1) is 0 Å². The number of aliphatic carboxylic acids is 1. The molecule has 0 heterocycles. The summed E-state index contributed by atoms with van der Waals surface area (Å²) in [5, 5.41) is 32.5. The van der Waals surface area contributed by atoms with E-state index in [9.17, 15) is 14.7 Å². The number of carbonyl (C=O) groups is 2. The van der Waals surface area contributed by atoms with Crippen molar-refractivity contribution in [1.82, 2.24) is 10.6 Å². The molecule has 1 aromatic carbocycles. The summed E-state index contributed by atoms with van der Waals surface area (Å²) in [6, 6.07) is 5.91. The van der Waals surface area contributed by atoms with E-state index in [-0.39, 0.29) is 18.7 Å². The molecule has 0 spiro atoms. The van der Waals surface area contributed by atoms with E-state index in [0.717, 1.165) is 0 Å². The average Bonchev–Trinajstić information content (AvgIpc) is 2.48. The summed E-state index contributed by atoms with van der Waals surface area (Å²) < 4.78 is 5.34. The zero-order valence-corrected chi connectivity index (χ0v) is 12.0. The predicted molar refractivity (Wildman–Crippen MR) is 78.3 cm³/mol. The normalized spacial score (nSPS) is 11.9. The molecular weight excluding hydrogens is 292 g/mol. The lowest BCUT2D eigenvalue weighted by Crippen LogP contribution is -2.36. The van der Waals surface area contributed by atoms with E-state index in [0.29, 0.717) is 25.4 Å². The highest BCUT2D eigenvalue weighted by atomic mass is 16.5. The Morgan fingerprint density at radius 2 is 1.73 bits per heavy atom. The Morgan fingerprint density at radius 3 is 2.32 bits per heavy atom. The number of aliphatic hydroxyl groups is 1. The van der Waals surface area contributed by atoms with Crippen molar-refractivity contribution in [1.29, 1.82) is 0 Å². The molecule has 122 valence electrons. The van der Waals surface area contributed by atoms with Crippen LogP contribution in [0.25, 0.3) is 0 Å². The highest BCUT2D eigenvalue weighted by molar-refractivity contribution is 5.87. The minimum absolute atomic E-state index is 0.0714. The van der Waals surface area contributed by atoms with Crippen LogP contribution in [0.4, 0.5) is 0 Å². The minimum atomic E-state index is -1.01. The summed E-state index contributed by atoms with van der Waals surface area (Å²) in [4.78, 5) is 20.9. The van der Waals surface area contributed by atoms with Crippen LogP contribution < -0.4 is 15.4 Å². The number of hydrogen-bond acceptors (Lipinski definition) is 6. The van der Waals surface area contributed by atoms with Gasteiger partial charge >= 0.3 is 11.9 Å². The van der Waals surface area contributed by atoms with Crippen molar-refractivity contribution in [2.45, 2.75) is 6.10 Å². The quantitative estimate of drug-likeness (QED) is 0.342. The van der Waals surface area contributed by atoms with Crippen LogP contribution in [0.15, 0.2) is 24.3 Å². The average molecular weight is 312 g/mol. The van der Waals surface area contributed by atoms with E-state index in [1.807, 2.05) is 0 Å². The van der Waals surface area contributed by atoms with Crippen molar-refractivity contribution in [3.63, 3.8) is 0 Å². The van der Waals surface area contributed by atoms with E-state index < -0.39 is 18.0 Å². The molecule has 0 radical (unpaired) electrons. The third-order valence-electron chi connectivity index (χ3n) is 2.68. The Balaban J connectivity index is 2.13. The second-order valence-corrected chi connectivity index (χ2v) is 4.57. The van der Waals surface area contributed by atoms with Crippen molar-refractivity contribution < 1.29 is 29.6 Å². The molecule has 1 aromatic rings. The van der Waals surface area contributed by atoms with E-state index in [2.05, 4.69) is 10.6 Å². The van der Waals surface area contributed by atoms with Crippen LogP contribution in [-0.4, -0.2) is 66.1 Å². The Kier molecular flexibility index (Phi) is 7.90. The highest BCUT2D eigenvalue weighted by Gasteiger charge is 2.06. The zero-order valence-electron chi connectivity index (χ0n) is 12.0. The maximum absolute atomic E-state index is 10.7. The molecule has 0 saturated heterocycles. The summed E-state index contributed by atoms with van der Waals surface area (Å²) in [7, 11) is 0. The number of hydrogen-bond donors (Lipinski definition) is 5. The van der Waals surface area contributed by atoms with Gasteiger partial charge in [-0.05, 0) is 24.3 Å². The van der Waals surface area contributed by atoms with Crippen LogP contribution >= 0.6 is 0 Å². The lowest BCUT2D eigenvalue weighted by molar-refractivity contribution is -0.135. The minimum Gasteiger partial charge on any atom is -0.491 e. The maximum atomic E-state index is 10.7. The van der Waals surface area contributed by atoms with Crippen molar-refractivity contribution >= 4 is 11.9 Å². The summed E-state index contributed by atoms with van der Waals surface area (Å²) >= 11 is 0. The molecule has 0 aliphatic rings. The third-order valence-corrected chi connectivity index (χ3v) is 2.68. The van der Waals surface area contributed by atoms with Gasteiger partial charge in [0.2, 0.25) is 0 Å². The van der Waals surface area contributed by atoms with E-state index in [1.54, 1.807) is 0 Å². The van der Waals surface area contributed by atoms with Gasteiger partial charge < -0.3 is 30.7 Å². The Bertz CT molecular complexity index is 477. The number of benzene rings is 1. The number of rotatable bonds is 11. The maximum Gasteiger partial charge on any atom is 0.335 e. The number of nitrogens with one attached hydrogen (secondary N) is 2. The largest absolute Gasteiger partial charge is 0.491 e. The first-order valence-corrected chi connectivity index (χ1v) is 6.76. The first kappa shape index (κ1) is 17.9. The molecule has 5 N–H and O–H groups in total. The molecule has 0 fully saturated rings. The number of aromatic carboxylic acids is 1. The second-order valence-electron chi connectivity index (χ2n) is 4.57. The molecule has 0 amide bonds. The number of carboxylic acids is 2. The number of carboxylic acid groups (broad SMARTS) is 2. The van der Waals surface area contributed by atoms with Gasteiger partial charge in [-0.2, -0.15) is 0 Å². The second kappa shape index (κ2) is 9.72. The van der Waals surface area contributed by atoms with Crippen LogP contribution in [0.1, 0.15) is 10.4 Å².